The number of thiazole rings is 1. The minimum Gasteiger partial charge on any atom is -0.487 e. The van der Waals surface area contributed by atoms with Crippen molar-refractivity contribution in [2.45, 2.75) is 18.9 Å². The molecule has 2 aliphatic rings. The Morgan fingerprint density at radius 2 is 1.78 bits per heavy atom. The van der Waals surface area contributed by atoms with Crippen LogP contribution in [-0.4, -0.2) is 11.2 Å². The van der Waals surface area contributed by atoms with Gasteiger partial charge in [-0.25, -0.2) is 4.99 Å². The molecule has 0 N–H and O–H groups in total. The maximum atomic E-state index is 13.9. The topological polar surface area (TPSA) is 43.6 Å². The predicted molar refractivity (Wildman–Crippen MR) is 167 cm³/mol. The van der Waals surface area contributed by atoms with E-state index in [1.165, 1.54) is 28.0 Å². The number of nitrogens with zero attached hydrogens (tertiary/aromatic N) is 2. The Hall–Kier alpha value is -2.50. The van der Waals surface area contributed by atoms with Crippen LogP contribution in [0.25, 0.3) is 11.8 Å². The average Bonchev–Trinajstić information content (AvgIpc) is 3.21. The van der Waals surface area contributed by atoms with Crippen LogP contribution in [0.15, 0.2) is 94.7 Å². The number of fused-ring (bicyclic) bond motifs is 3. The monoisotopic (exact) mass is 728 g/mol. The molecule has 0 saturated heterocycles. The molecule has 1 aromatic heterocycles. The third kappa shape index (κ3) is 4.55. The molecule has 0 fully saturated rings. The number of ether oxygens (including phenoxy) is 1. The lowest BCUT2D eigenvalue weighted by Gasteiger charge is -2.30. The molecule has 0 spiro atoms. The van der Waals surface area contributed by atoms with Gasteiger partial charge in [0.05, 0.1) is 23.4 Å². The van der Waals surface area contributed by atoms with Crippen LogP contribution in [0.5, 0.6) is 5.75 Å². The Labute approximate surface area is 246 Å². The second-order valence-corrected chi connectivity index (χ2v) is 12.3. The van der Waals surface area contributed by atoms with E-state index in [0.29, 0.717) is 11.1 Å². The molecular weight excluding hydrogens is 706 g/mol. The molecule has 0 bridgehead atoms. The summed E-state index contributed by atoms with van der Waals surface area (Å²) in [5, 5.41) is 0. The first-order chi connectivity index (χ1) is 18.0. The van der Waals surface area contributed by atoms with Crippen molar-refractivity contribution in [3.63, 3.8) is 0 Å². The van der Waals surface area contributed by atoms with Crippen molar-refractivity contribution in [1.29, 1.82) is 0 Å². The molecule has 0 unspecified atom stereocenters. The van der Waals surface area contributed by atoms with E-state index in [9.17, 15) is 4.79 Å². The van der Waals surface area contributed by atoms with Gasteiger partial charge in [0.1, 0.15) is 12.4 Å². The van der Waals surface area contributed by atoms with E-state index < -0.39 is 0 Å². The van der Waals surface area contributed by atoms with Gasteiger partial charge in [-0.1, -0.05) is 78.6 Å². The Balaban J connectivity index is 1.54. The highest BCUT2D eigenvalue weighted by Crippen LogP contribution is 2.41. The second kappa shape index (κ2) is 10.3. The first kappa shape index (κ1) is 24.8. The third-order valence-electron chi connectivity index (χ3n) is 6.65. The van der Waals surface area contributed by atoms with Crippen molar-refractivity contribution in [1.82, 2.24) is 4.57 Å². The highest BCUT2D eigenvalue weighted by Gasteiger charge is 2.32. The molecule has 7 heteroatoms. The quantitative estimate of drug-likeness (QED) is 0.185. The van der Waals surface area contributed by atoms with Crippen LogP contribution in [0.2, 0.25) is 0 Å². The highest BCUT2D eigenvalue weighted by atomic mass is 127. The molecule has 3 aromatic carbocycles. The van der Waals surface area contributed by atoms with Gasteiger partial charge >= 0.3 is 0 Å². The number of aromatic nitrogens is 1. The minimum atomic E-state index is -0.155. The highest BCUT2D eigenvalue weighted by molar-refractivity contribution is 14.1. The van der Waals surface area contributed by atoms with Crippen molar-refractivity contribution in [3.05, 3.63) is 134 Å². The lowest BCUT2D eigenvalue weighted by molar-refractivity contribution is 0.358. The summed E-state index contributed by atoms with van der Waals surface area (Å²) in [6, 6.07) is 22.8. The van der Waals surface area contributed by atoms with Crippen molar-refractivity contribution >= 4 is 68.3 Å². The van der Waals surface area contributed by atoms with Gasteiger partial charge in [-0.15, -0.1) is 0 Å². The van der Waals surface area contributed by atoms with Gasteiger partial charge in [-0.2, -0.15) is 0 Å². The largest absolute Gasteiger partial charge is 0.487 e. The van der Waals surface area contributed by atoms with E-state index >= 15 is 0 Å². The maximum Gasteiger partial charge on any atom is 0.271 e. The minimum absolute atomic E-state index is 0.0000110. The molecule has 4 aromatic rings. The van der Waals surface area contributed by atoms with Crippen molar-refractivity contribution < 1.29 is 4.74 Å². The van der Waals surface area contributed by atoms with Crippen LogP contribution in [0, 0.1) is 7.14 Å². The number of rotatable bonds is 5. The summed E-state index contributed by atoms with van der Waals surface area (Å²) in [5.74, 6) is 0.843. The molecule has 0 saturated carbocycles. The molecule has 6 rings (SSSR count). The zero-order valence-corrected chi connectivity index (χ0v) is 24.9. The second-order valence-electron chi connectivity index (χ2n) is 8.94. The van der Waals surface area contributed by atoms with Gasteiger partial charge in [0.2, 0.25) is 0 Å². The van der Waals surface area contributed by atoms with Gasteiger partial charge in [0.25, 0.3) is 5.56 Å². The van der Waals surface area contributed by atoms with E-state index in [1.807, 2.05) is 28.8 Å². The van der Waals surface area contributed by atoms with Gasteiger partial charge in [0, 0.05) is 5.56 Å². The lowest BCUT2D eigenvalue weighted by atomic mass is 9.83. The summed E-state index contributed by atoms with van der Waals surface area (Å²) >= 11 is 6.03. The number of allylic oxidation sites excluding steroid dienone is 1. The SMILES string of the molecule is C=CCOc1c(I)cc(/C=c2\sc3n(c2=O)[C@@H](c2ccccc2)C2=C(N=3)c3ccccc3CC2)cc1I. The summed E-state index contributed by atoms with van der Waals surface area (Å²) < 4.78 is 10.4. The molecule has 2 heterocycles. The van der Waals surface area contributed by atoms with Crippen LogP contribution in [0.1, 0.15) is 34.7 Å². The molecule has 184 valence electrons. The van der Waals surface area contributed by atoms with E-state index in [0.717, 1.165) is 47.4 Å². The fourth-order valence-electron chi connectivity index (χ4n) is 5.05. The number of aryl methyl sites for hydroxylation is 1. The average molecular weight is 728 g/mol. The third-order valence-corrected chi connectivity index (χ3v) is 9.24. The molecule has 4 nitrogen and oxygen atoms in total. The molecule has 37 heavy (non-hydrogen) atoms. The number of halogens is 2. The standard InChI is InChI=1S/C30H22I2N2O2S/c1-2-14-36-28-23(31)15-18(16-24(28)32)17-25-29(35)34-27(20-9-4-3-5-10-20)22-13-12-19-8-6-7-11-21(19)26(22)33-30(34)37-25/h2-11,15-17,27H,1,12-14H2/b25-17-/t27-/m0/s1. The molecule has 0 radical (unpaired) electrons. The number of benzene rings is 3. The zero-order chi connectivity index (χ0) is 25.5. The van der Waals surface area contributed by atoms with E-state index in [4.69, 9.17) is 9.73 Å². The van der Waals surface area contributed by atoms with E-state index in [1.54, 1.807) is 6.08 Å². The van der Waals surface area contributed by atoms with Crippen molar-refractivity contribution in [2.75, 3.05) is 6.61 Å². The summed E-state index contributed by atoms with van der Waals surface area (Å²) in [6.45, 7) is 4.19. The van der Waals surface area contributed by atoms with Crippen LogP contribution >= 0.6 is 56.5 Å². The fourth-order valence-corrected chi connectivity index (χ4v) is 8.18. The van der Waals surface area contributed by atoms with Gasteiger partial charge in [-0.3, -0.25) is 9.36 Å². The summed E-state index contributed by atoms with van der Waals surface area (Å²) in [5.41, 5.74) is 6.83. The van der Waals surface area contributed by atoms with E-state index in [-0.39, 0.29) is 11.6 Å². The van der Waals surface area contributed by atoms with Crippen LogP contribution in [0.3, 0.4) is 0 Å². The smallest absolute Gasteiger partial charge is 0.271 e. The first-order valence-corrected chi connectivity index (χ1v) is 14.9. The number of hydrogen-bond acceptors (Lipinski definition) is 4. The Kier molecular flexibility index (Phi) is 6.93. The van der Waals surface area contributed by atoms with Crippen molar-refractivity contribution in [2.24, 2.45) is 4.99 Å². The van der Waals surface area contributed by atoms with Gasteiger partial charge in [0.15, 0.2) is 4.80 Å². The fraction of sp³-hybridized carbons (Fsp3) is 0.133. The molecular formula is C30H22I2N2O2S. The molecule has 1 atom stereocenters. The normalized spacial score (nSPS) is 16.5. The summed E-state index contributed by atoms with van der Waals surface area (Å²) in [7, 11) is 0. The van der Waals surface area contributed by atoms with E-state index in [2.05, 4.69) is 100 Å². The Morgan fingerprint density at radius 3 is 2.54 bits per heavy atom. The van der Waals surface area contributed by atoms with Gasteiger partial charge < -0.3 is 4.74 Å². The summed E-state index contributed by atoms with van der Waals surface area (Å²) in [4.78, 5) is 19.8. The lowest BCUT2D eigenvalue weighted by Crippen LogP contribution is -2.38. The van der Waals surface area contributed by atoms with Crippen LogP contribution in [0.4, 0.5) is 0 Å². The van der Waals surface area contributed by atoms with Crippen LogP contribution in [-0.2, 0) is 6.42 Å². The predicted octanol–water partition coefficient (Wildman–Crippen LogP) is 6.09. The molecule has 1 aliphatic heterocycles. The van der Waals surface area contributed by atoms with Gasteiger partial charge in [-0.05, 0) is 98.5 Å². The Bertz CT molecular complexity index is 1730. The number of hydrogen-bond donors (Lipinski definition) is 0. The zero-order valence-electron chi connectivity index (χ0n) is 19.8. The first-order valence-electron chi connectivity index (χ1n) is 12.0. The molecule has 0 amide bonds. The van der Waals surface area contributed by atoms with Crippen molar-refractivity contribution in [3.8, 4) is 5.75 Å². The maximum absolute atomic E-state index is 13.9. The Morgan fingerprint density at radius 1 is 1.05 bits per heavy atom. The van der Waals surface area contributed by atoms with Crippen LogP contribution < -0.4 is 19.6 Å². The molecule has 1 aliphatic carbocycles. The summed E-state index contributed by atoms with van der Waals surface area (Å²) in [6.07, 6.45) is 5.56.